The summed E-state index contributed by atoms with van der Waals surface area (Å²) in [5.74, 6) is 0.0358. The average Bonchev–Trinajstić information content (AvgIpc) is 2.52. The van der Waals surface area contributed by atoms with E-state index in [0.29, 0.717) is 5.92 Å². The fraction of sp³-hybridized carbons (Fsp3) is 0.588. The predicted octanol–water partition coefficient (Wildman–Crippen LogP) is 1.15. The number of hydrogen-bond acceptors (Lipinski definition) is 4. The van der Waals surface area contributed by atoms with Crippen LogP contribution in [0.4, 0.5) is 0 Å². The van der Waals surface area contributed by atoms with Crippen LogP contribution >= 0.6 is 0 Å². The smallest absolute Gasteiger partial charge is 0.217 e. The standard InChI is InChI=1S/C17H23NO4/c1-10(19)18-15-16(20)13-9-12(11-5-3-2-4-6-11)7-8-14(13)22-17(15)21/h2-6,12-17,20-21H,7-9H2,1H3,(H,18,19)/t12-,13-,14+,15-,16-,17+/m0/s1. The van der Waals surface area contributed by atoms with Crippen LogP contribution < -0.4 is 5.32 Å². The zero-order valence-corrected chi connectivity index (χ0v) is 12.7. The molecule has 0 spiro atoms. The van der Waals surface area contributed by atoms with E-state index < -0.39 is 18.4 Å². The third-order valence-electron chi connectivity index (χ3n) is 4.90. The fourth-order valence-electron chi connectivity index (χ4n) is 3.82. The van der Waals surface area contributed by atoms with Crippen molar-refractivity contribution in [1.29, 1.82) is 0 Å². The van der Waals surface area contributed by atoms with E-state index in [-0.39, 0.29) is 17.9 Å². The van der Waals surface area contributed by atoms with E-state index in [1.54, 1.807) is 0 Å². The first-order valence-electron chi connectivity index (χ1n) is 7.90. The second-order valence-electron chi connectivity index (χ2n) is 6.37. The number of amides is 1. The quantitative estimate of drug-likeness (QED) is 0.766. The summed E-state index contributed by atoms with van der Waals surface area (Å²) in [4.78, 5) is 11.3. The highest BCUT2D eigenvalue weighted by atomic mass is 16.6. The molecule has 1 heterocycles. The van der Waals surface area contributed by atoms with Crippen molar-refractivity contribution in [3.63, 3.8) is 0 Å². The normalized spacial score (nSPS) is 38.1. The highest BCUT2D eigenvalue weighted by Gasteiger charge is 2.47. The van der Waals surface area contributed by atoms with Gasteiger partial charge in [0.25, 0.3) is 0 Å². The summed E-state index contributed by atoms with van der Waals surface area (Å²) in [5.41, 5.74) is 1.27. The molecule has 0 bridgehead atoms. The maximum Gasteiger partial charge on any atom is 0.217 e. The van der Waals surface area contributed by atoms with Crippen LogP contribution in [0.2, 0.25) is 0 Å². The van der Waals surface area contributed by atoms with E-state index >= 15 is 0 Å². The van der Waals surface area contributed by atoms with Gasteiger partial charge >= 0.3 is 0 Å². The monoisotopic (exact) mass is 305 g/mol. The minimum Gasteiger partial charge on any atom is -0.390 e. The van der Waals surface area contributed by atoms with Crippen LogP contribution in [-0.2, 0) is 9.53 Å². The molecular formula is C17H23NO4. The number of hydrogen-bond donors (Lipinski definition) is 3. The molecular weight excluding hydrogens is 282 g/mol. The Morgan fingerprint density at radius 3 is 2.64 bits per heavy atom. The maximum atomic E-state index is 11.3. The minimum absolute atomic E-state index is 0.0702. The molecule has 1 aliphatic heterocycles. The van der Waals surface area contributed by atoms with Crippen molar-refractivity contribution < 1.29 is 19.7 Å². The molecule has 3 N–H and O–H groups in total. The van der Waals surface area contributed by atoms with Crippen molar-refractivity contribution in [2.24, 2.45) is 5.92 Å². The summed E-state index contributed by atoms with van der Waals surface area (Å²) in [6.07, 6.45) is 0.520. The van der Waals surface area contributed by atoms with Crippen molar-refractivity contribution in [2.45, 2.75) is 56.6 Å². The molecule has 0 unspecified atom stereocenters. The number of carbonyl (C=O) groups is 1. The summed E-state index contributed by atoms with van der Waals surface area (Å²) in [6, 6.07) is 9.52. The number of nitrogens with one attached hydrogen (secondary N) is 1. The molecule has 0 aromatic heterocycles. The minimum atomic E-state index is -1.14. The molecule has 1 saturated heterocycles. The van der Waals surface area contributed by atoms with E-state index in [2.05, 4.69) is 17.4 Å². The lowest BCUT2D eigenvalue weighted by Gasteiger charge is -2.47. The predicted molar refractivity (Wildman–Crippen MR) is 81.0 cm³/mol. The van der Waals surface area contributed by atoms with E-state index in [9.17, 15) is 15.0 Å². The van der Waals surface area contributed by atoms with Crippen LogP contribution in [0.25, 0.3) is 0 Å². The highest BCUT2D eigenvalue weighted by Crippen LogP contribution is 2.42. The summed E-state index contributed by atoms with van der Waals surface area (Å²) in [7, 11) is 0. The van der Waals surface area contributed by atoms with Gasteiger partial charge in [-0.15, -0.1) is 0 Å². The summed E-state index contributed by atoms with van der Waals surface area (Å²) in [6.45, 7) is 1.37. The number of aliphatic hydroxyl groups is 2. The van der Waals surface area contributed by atoms with E-state index in [1.807, 2.05) is 18.2 Å². The third-order valence-corrected chi connectivity index (χ3v) is 4.90. The summed E-state index contributed by atoms with van der Waals surface area (Å²) >= 11 is 0. The zero-order chi connectivity index (χ0) is 15.7. The third kappa shape index (κ3) is 3.02. The molecule has 5 heteroatoms. The molecule has 2 aliphatic rings. The Morgan fingerprint density at radius 2 is 1.95 bits per heavy atom. The van der Waals surface area contributed by atoms with Crippen LogP contribution in [0.3, 0.4) is 0 Å². The van der Waals surface area contributed by atoms with Gasteiger partial charge in [0.1, 0.15) is 6.04 Å². The molecule has 1 saturated carbocycles. The van der Waals surface area contributed by atoms with Gasteiger partial charge in [-0.2, -0.15) is 0 Å². The molecule has 22 heavy (non-hydrogen) atoms. The second kappa shape index (κ2) is 6.36. The number of fused-ring (bicyclic) bond motifs is 1. The molecule has 1 aromatic carbocycles. The van der Waals surface area contributed by atoms with E-state index in [1.165, 1.54) is 12.5 Å². The summed E-state index contributed by atoms with van der Waals surface area (Å²) < 4.78 is 5.64. The SMILES string of the molecule is CC(=O)N[C@H]1[C@@H](O)[C@H]2C[C@@H](c3ccccc3)CC[C@H]2O[C@H]1O. The van der Waals surface area contributed by atoms with Gasteiger partial charge in [-0.1, -0.05) is 30.3 Å². The Bertz CT molecular complexity index is 521. The molecule has 5 nitrogen and oxygen atoms in total. The van der Waals surface area contributed by atoms with Gasteiger partial charge in [-0.25, -0.2) is 0 Å². The molecule has 2 fully saturated rings. The summed E-state index contributed by atoms with van der Waals surface area (Å²) in [5, 5.41) is 23.2. The number of aliphatic hydroxyl groups excluding tert-OH is 2. The number of carbonyl (C=O) groups excluding carboxylic acids is 1. The van der Waals surface area contributed by atoms with Gasteiger partial charge in [-0.05, 0) is 30.7 Å². The van der Waals surface area contributed by atoms with Crippen LogP contribution in [0.15, 0.2) is 30.3 Å². The topological polar surface area (TPSA) is 78.8 Å². The zero-order valence-electron chi connectivity index (χ0n) is 12.7. The van der Waals surface area contributed by atoms with Crippen molar-refractivity contribution >= 4 is 5.91 Å². The first-order chi connectivity index (χ1) is 10.6. The molecule has 120 valence electrons. The molecule has 0 radical (unpaired) electrons. The van der Waals surface area contributed by atoms with E-state index in [4.69, 9.17) is 4.74 Å². The van der Waals surface area contributed by atoms with E-state index in [0.717, 1.165) is 19.3 Å². The van der Waals surface area contributed by atoms with Crippen LogP contribution in [0.5, 0.6) is 0 Å². The first-order valence-corrected chi connectivity index (χ1v) is 7.90. The van der Waals surface area contributed by atoms with Crippen molar-refractivity contribution in [2.75, 3.05) is 0 Å². The van der Waals surface area contributed by atoms with Gasteiger partial charge in [0.2, 0.25) is 5.91 Å². The van der Waals surface area contributed by atoms with Crippen LogP contribution in [0.1, 0.15) is 37.7 Å². The molecule has 1 aromatic rings. The van der Waals surface area contributed by atoms with Gasteiger partial charge < -0.3 is 20.3 Å². The molecule has 1 amide bonds. The lowest BCUT2D eigenvalue weighted by Crippen LogP contribution is -2.61. The Balaban J connectivity index is 1.75. The Morgan fingerprint density at radius 1 is 1.23 bits per heavy atom. The van der Waals surface area contributed by atoms with Crippen LogP contribution in [-0.4, -0.2) is 40.7 Å². The Labute approximate surface area is 130 Å². The fourth-order valence-corrected chi connectivity index (χ4v) is 3.82. The first kappa shape index (κ1) is 15.5. The van der Waals surface area contributed by atoms with Crippen LogP contribution in [0, 0.1) is 5.92 Å². The largest absolute Gasteiger partial charge is 0.390 e. The molecule has 6 atom stereocenters. The van der Waals surface area contributed by atoms with Gasteiger partial charge in [0.15, 0.2) is 6.29 Å². The van der Waals surface area contributed by atoms with Crippen molar-refractivity contribution in [1.82, 2.24) is 5.32 Å². The Kier molecular flexibility index (Phi) is 4.47. The van der Waals surface area contributed by atoms with Gasteiger partial charge in [-0.3, -0.25) is 4.79 Å². The number of ether oxygens (including phenoxy) is 1. The van der Waals surface area contributed by atoms with Gasteiger partial charge in [0, 0.05) is 12.8 Å². The molecule has 3 rings (SSSR count). The number of benzene rings is 1. The second-order valence-corrected chi connectivity index (χ2v) is 6.37. The van der Waals surface area contributed by atoms with Crippen molar-refractivity contribution in [3.8, 4) is 0 Å². The molecule has 1 aliphatic carbocycles. The lowest BCUT2D eigenvalue weighted by atomic mass is 9.71. The lowest BCUT2D eigenvalue weighted by molar-refractivity contribution is -0.239. The number of rotatable bonds is 2. The average molecular weight is 305 g/mol. The van der Waals surface area contributed by atoms with Crippen molar-refractivity contribution in [3.05, 3.63) is 35.9 Å². The highest BCUT2D eigenvalue weighted by molar-refractivity contribution is 5.73. The Hall–Kier alpha value is -1.43. The van der Waals surface area contributed by atoms with Gasteiger partial charge in [0.05, 0.1) is 12.2 Å². The maximum absolute atomic E-state index is 11.3.